The Morgan fingerprint density at radius 2 is 1.58 bits per heavy atom. The van der Waals surface area contributed by atoms with Gasteiger partial charge in [-0.15, -0.1) is 0 Å². The van der Waals surface area contributed by atoms with Crippen molar-refractivity contribution < 1.29 is 9.53 Å². The predicted octanol–water partition coefficient (Wildman–Crippen LogP) is 2.06. The fourth-order valence-corrected chi connectivity index (χ4v) is 3.08. The fourth-order valence-electron chi connectivity index (χ4n) is 3.08. The first-order valence-corrected chi connectivity index (χ1v) is 7.70. The second kappa shape index (κ2) is 6.23. The minimum Gasteiger partial charge on any atom is -0.375 e. The average Bonchev–Trinajstić information content (AvgIpc) is 2.39. The molecule has 1 aliphatic heterocycles. The Labute approximate surface area is 116 Å². The maximum atomic E-state index is 12.1. The van der Waals surface area contributed by atoms with E-state index in [1.165, 1.54) is 32.1 Å². The monoisotopic (exact) mass is 268 g/mol. The molecule has 1 heterocycles. The first kappa shape index (κ1) is 14.8. The van der Waals surface area contributed by atoms with Gasteiger partial charge in [-0.1, -0.05) is 19.3 Å². The second-order valence-electron chi connectivity index (χ2n) is 6.61. The van der Waals surface area contributed by atoms with Gasteiger partial charge in [-0.3, -0.25) is 4.79 Å². The molecule has 0 aromatic carbocycles. The van der Waals surface area contributed by atoms with Gasteiger partial charge in [0.2, 0.25) is 5.91 Å². The second-order valence-corrected chi connectivity index (χ2v) is 6.61. The van der Waals surface area contributed by atoms with Gasteiger partial charge in [-0.2, -0.15) is 0 Å². The molecule has 0 bridgehead atoms. The van der Waals surface area contributed by atoms with E-state index >= 15 is 0 Å². The molecular weight excluding hydrogens is 240 g/mol. The highest BCUT2D eigenvalue weighted by atomic mass is 16.5. The van der Waals surface area contributed by atoms with Crippen LogP contribution in [0.2, 0.25) is 0 Å². The van der Waals surface area contributed by atoms with Crippen LogP contribution in [0.4, 0.5) is 0 Å². The molecule has 0 atom stereocenters. The van der Waals surface area contributed by atoms with Crippen molar-refractivity contribution in [1.29, 1.82) is 0 Å². The van der Waals surface area contributed by atoms with Crippen LogP contribution in [0, 0.1) is 0 Å². The number of nitrogens with zero attached hydrogens (tertiary/aromatic N) is 1. The smallest absolute Gasteiger partial charge is 0.242 e. The number of likely N-dealkylation sites (tertiary alicyclic amines) is 1. The van der Waals surface area contributed by atoms with Gasteiger partial charge >= 0.3 is 0 Å². The van der Waals surface area contributed by atoms with Crippen molar-refractivity contribution in [3.63, 3.8) is 0 Å². The maximum absolute atomic E-state index is 12.1. The van der Waals surface area contributed by atoms with Gasteiger partial charge in [0, 0.05) is 13.1 Å². The van der Waals surface area contributed by atoms with Crippen molar-refractivity contribution in [1.82, 2.24) is 4.90 Å². The van der Waals surface area contributed by atoms with Crippen LogP contribution in [0.3, 0.4) is 0 Å². The summed E-state index contributed by atoms with van der Waals surface area (Å²) in [6, 6.07) is 0. The molecule has 4 nitrogen and oxygen atoms in total. The van der Waals surface area contributed by atoms with Crippen molar-refractivity contribution in [3.05, 3.63) is 0 Å². The lowest BCUT2D eigenvalue weighted by molar-refractivity contribution is -0.139. The lowest BCUT2D eigenvalue weighted by atomic mass is 9.96. The standard InChI is InChI=1S/C15H28N2O2/c1-15(2,16)14(18)17-10-8-13(9-11-17)19-12-6-4-3-5-7-12/h12-13H,3-11,16H2,1-2H3. The summed E-state index contributed by atoms with van der Waals surface area (Å²) in [5.41, 5.74) is 5.12. The number of piperidine rings is 1. The minimum atomic E-state index is -0.753. The van der Waals surface area contributed by atoms with E-state index in [2.05, 4.69) is 0 Å². The predicted molar refractivity (Wildman–Crippen MR) is 75.8 cm³/mol. The first-order valence-electron chi connectivity index (χ1n) is 7.70. The molecule has 2 N–H and O–H groups in total. The van der Waals surface area contributed by atoms with E-state index in [1.54, 1.807) is 13.8 Å². The van der Waals surface area contributed by atoms with E-state index in [0.717, 1.165) is 25.9 Å². The molecule has 4 heteroatoms. The number of nitrogens with two attached hydrogens (primary N) is 1. The molecule has 110 valence electrons. The van der Waals surface area contributed by atoms with Gasteiger partial charge in [0.15, 0.2) is 0 Å². The summed E-state index contributed by atoms with van der Waals surface area (Å²) in [6.45, 7) is 5.13. The van der Waals surface area contributed by atoms with Gasteiger partial charge in [-0.05, 0) is 39.5 Å². The molecule has 0 radical (unpaired) electrons. The average molecular weight is 268 g/mol. The molecule has 1 amide bonds. The minimum absolute atomic E-state index is 0.0589. The van der Waals surface area contributed by atoms with E-state index < -0.39 is 5.54 Å². The van der Waals surface area contributed by atoms with Gasteiger partial charge in [0.05, 0.1) is 17.7 Å². The van der Waals surface area contributed by atoms with Gasteiger partial charge in [0.25, 0.3) is 0 Å². The summed E-state index contributed by atoms with van der Waals surface area (Å²) in [5, 5.41) is 0. The fraction of sp³-hybridized carbons (Fsp3) is 0.933. The van der Waals surface area contributed by atoms with E-state index in [0.29, 0.717) is 12.2 Å². The number of ether oxygens (including phenoxy) is 1. The zero-order chi connectivity index (χ0) is 13.9. The number of carbonyl (C=O) groups excluding carboxylic acids is 1. The third-order valence-corrected chi connectivity index (χ3v) is 4.22. The summed E-state index contributed by atoms with van der Waals surface area (Å²) in [5.74, 6) is 0.0589. The van der Waals surface area contributed by atoms with Gasteiger partial charge < -0.3 is 15.4 Å². The molecule has 1 saturated carbocycles. The molecule has 1 aliphatic carbocycles. The van der Waals surface area contributed by atoms with Crippen LogP contribution in [0.1, 0.15) is 58.8 Å². The van der Waals surface area contributed by atoms with Crippen LogP contribution in [-0.4, -0.2) is 41.6 Å². The number of carbonyl (C=O) groups is 1. The van der Waals surface area contributed by atoms with Crippen LogP contribution < -0.4 is 5.73 Å². The van der Waals surface area contributed by atoms with Crippen LogP contribution in [-0.2, 0) is 9.53 Å². The molecular formula is C15H28N2O2. The van der Waals surface area contributed by atoms with Crippen LogP contribution in [0.25, 0.3) is 0 Å². The summed E-state index contributed by atoms with van der Waals surface area (Å²) in [4.78, 5) is 14.0. The molecule has 1 saturated heterocycles. The Balaban J connectivity index is 1.74. The van der Waals surface area contributed by atoms with Crippen molar-refractivity contribution in [2.24, 2.45) is 5.73 Å². The molecule has 19 heavy (non-hydrogen) atoms. The summed E-state index contributed by atoms with van der Waals surface area (Å²) < 4.78 is 6.18. The van der Waals surface area contributed by atoms with Crippen molar-refractivity contribution >= 4 is 5.91 Å². The van der Waals surface area contributed by atoms with E-state index in [4.69, 9.17) is 10.5 Å². The zero-order valence-corrected chi connectivity index (χ0v) is 12.4. The Bertz CT molecular complexity index is 298. The van der Waals surface area contributed by atoms with Crippen molar-refractivity contribution in [2.45, 2.75) is 76.5 Å². The lowest BCUT2D eigenvalue weighted by Gasteiger charge is -2.37. The Morgan fingerprint density at radius 1 is 1.05 bits per heavy atom. The third kappa shape index (κ3) is 4.18. The summed E-state index contributed by atoms with van der Waals surface area (Å²) in [6.07, 6.45) is 9.13. The Kier molecular flexibility index (Phi) is 4.85. The van der Waals surface area contributed by atoms with Crippen LogP contribution >= 0.6 is 0 Å². The Morgan fingerprint density at radius 3 is 2.11 bits per heavy atom. The molecule has 0 aromatic heterocycles. The van der Waals surface area contributed by atoms with Crippen molar-refractivity contribution in [2.75, 3.05) is 13.1 Å². The highest BCUT2D eigenvalue weighted by Gasteiger charge is 2.31. The number of hydrogen-bond donors (Lipinski definition) is 1. The number of hydrogen-bond acceptors (Lipinski definition) is 3. The van der Waals surface area contributed by atoms with Crippen LogP contribution in [0.5, 0.6) is 0 Å². The van der Waals surface area contributed by atoms with E-state index in [1.807, 2.05) is 4.90 Å². The van der Waals surface area contributed by atoms with Crippen molar-refractivity contribution in [3.8, 4) is 0 Å². The Hall–Kier alpha value is -0.610. The lowest BCUT2D eigenvalue weighted by Crippen LogP contribution is -2.54. The molecule has 0 unspecified atom stereocenters. The topological polar surface area (TPSA) is 55.6 Å². The van der Waals surface area contributed by atoms with Gasteiger partial charge in [-0.25, -0.2) is 0 Å². The summed E-state index contributed by atoms with van der Waals surface area (Å²) in [7, 11) is 0. The molecule has 2 aliphatic rings. The van der Waals surface area contributed by atoms with E-state index in [-0.39, 0.29) is 5.91 Å². The van der Waals surface area contributed by atoms with E-state index in [9.17, 15) is 4.79 Å². The van der Waals surface area contributed by atoms with Gasteiger partial charge in [0.1, 0.15) is 0 Å². The molecule has 0 aromatic rings. The molecule has 2 fully saturated rings. The SMILES string of the molecule is CC(C)(N)C(=O)N1CCC(OC2CCCCC2)CC1. The normalized spacial score (nSPS) is 23.6. The molecule has 2 rings (SSSR count). The maximum Gasteiger partial charge on any atom is 0.242 e. The number of amides is 1. The van der Waals surface area contributed by atoms with Crippen LogP contribution in [0.15, 0.2) is 0 Å². The first-order chi connectivity index (χ1) is 8.97. The quantitative estimate of drug-likeness (QED) is 0.852. The highest BCUT2D eigenvalue weighted by molar-refractivity contribution is 5.85. The zero-order valence-electron chi connectivity index (χ0n) is 12.4. The largest absolute Gasteiger partial charge is 0.375 e. The highest BCUT2D eigenvalue weighted by Crippen LogP contribution is 2.25. The third-order valence-electron chi connectivity index (χ3n) is 4.22. The molecule has 0 spiro atoms. The summed E-state index contributed by atoms with van der Waals surface area (Å²) >= 11 is 0. The number of rotatable bonds is 3.